The van der Waals surface area contributed by atoms with Gasteiger partial charge in [0.2, 0.25) is 5.91 Å². The second-order valence-electron chi connectivity index (χ2n) is 8.95. The Morgan fingerprint density at radius 3 is 1.88 bits per heavy atom. The molecule has 0 unspecified atom stereocenters. The Kier molecular flexibility index (Phi) is 9.88. The number of carbonyl (C=O) groups excluding carboxylic acids is 2. The van der Waals surface area contributed by atoms with Crippen LogP contribution in [0.5, 0.6) is 11.5 Å². The highest BCUT2D eigenvalue weighted by molar-refractivity contribution is 6.12. The van der Waals surface area contributed by atoms with Crippen LogP contribution in [-0.2, 0) is 11.4 Å². The molecule has 40 heavy (non-hydrogen) atoms. The molecule has 0 fully saturated rings. The number of carbonyl (C=O) groups is 3. The molecule has 8 heteroatoms. The Morgan fingerprint density at radius 1 is 0.625 bits per heavy atom. The van der Waals surface area contributed by atoms with Crippen molar-refractivity contribution in [2.75, 3.05) is 17.2 Å². The third kappa shape index (κ3) is 8.19. The number of benzene rings is 4. The first-order valence-corrected chi connectivity index (χ1v) is 12.9. The van der Waals surface area contributed by atoms with Gasteiger partial charge in [-0.15, -0.1) is 0 Å². The smallest absolute Gasteiger partial charge is 0.337 e. The molecule has 4 aromatic carbocycles. The molecule has 4 rings (SSSR count). The van der Waals surface area contributed by atoms with Crippen molar-refractivity contribution in [1.82, 2.24) is 0 Å². The summed E-state index contributed by atoms with van der Waals surface area (Å²) in [4.78, 5) is 36.9. The first-order chi connectivity index (χ1) is 19.5. The van der Waals surface area contributed by atoms with Gasteiger partial charge in [-0.1, -0.05) is 54.6 Å². The average Bonchev–Trinajstić information content (AvgIpc) is 2.97. The largest absolute Gasteiger partial charge is 0.494 e. The Labute approximate surface area is 232 Å². The maximum absolute atomic E-state index is 12.9. The summed E-state index contributed by atoms with van der Waals surface area (Å²) in [6, 6.07) is 30.1. The predicted molar refractivity (Wildman–Crippen MR) is 153 cm³/mol. The molecule has 0 saturated heterocycles. The Morgan fingerprint density at radius 2 is 1.20 bits per heavy atom. The summed E-state index contributed by atoms with van der Waals surface area (Å²) in [7, 11) is 0. The number of anilines is 2. The quantitative estimate of drug-likeness (QED) is 0.170. The van der Waals surface area contributed by atoms with Crippen LogP contribution in [0.3, 0.4) is 0 Å². The molecule has 0 radical (unpaired) electrons. The van der Waals surface area contributed by atoms with Gasteiger partial charge >= 0.3 is 5.97 Å². The lowest BCUT2D eigenvalue weighted by atomic mass is 10.1. The van der Waals surface area contributed by atoms with Crippen LogP contribution in [0.15, 0.2) is 103 Å². The van der Waals surface area contributed by atoms with Crippen LogP contribution in [0.1, 0.15) is 45.5 Å². The van der Waals surface area contributed by atoms with Gasteiger partial charge in [-0.25, -0.2) is 4.79 Å². The first-order valence-electron chi connectivity index (χ1n) is 12.9. The fraction of sp³-hybridized carbons (Fsp3) is 0.156. The molecule has 2 amide bonds. The van der Waals surface area contributed by atoms with E-state index in [-0.39, 0.29) is 29.1 Å². The summed E-state index contributed by atoms with van der Waals surface area (Å²) in [5, 5.41) is 14.8. The fourth-order valence-electron chi connectivity index (χ4n) is 3.92. The zero-order valence-corrected chi connectivity index (χ0v) is 21.8. The van der Waals surface area contributed by atoms with Crippen LogP contribution >= 0.6 is 0 Å². The van der Waals surface area contributed by atoms with E-state index in [1.165, 1.54) is 12.1 Å². The monoisotopic (exact) mass is 538 g/mol. The molecule has 0 aromatic heterocycles. The summed E-state index contributed by atoms with van der Waals surface area (Å²) in [5.74, 6) is -0.416. The number of hydrogen-bond acceptors (Lipinski definition) is 5. The van der Waals surface area contributed by atoms with Crippen molar-refractivity contribution in [2.24, 2.45) is 0 Å². The number of carboxylic acid groups (broad SMARTS) is 1. The average molecular weight is 539 g/mol. The number of para-hydroxylation sites is 2. The minimum absolute atomic E-state index is 0.0214. The molecule has 8 nitrogen and oxygen atoms in total. The molecule has 0 aliphatic heterocycles. The zero-order chi connectivity index (χ0) is 28.2. The van der Waals surface area contributed by atoms with Crippen molar-refractivity contribution in [3.63, 3.8) is 0 Å². The van der Waals surface area contributed by atoms with E-state index in [9.17, 15) is 19.5 Å². The van der Waals surface area contributed by atoms with E-state index in [0.29, 0.717) is 31.7 Å². The first kappa shape index (κ1) is 27.9. The number of amides is 2. The maximum Gasteiger partial charge on any atom is 0.337 e. The van der Waals surface area contributed by atoms with Crippen molar-refractivity contribution in [3.05, 3.63) is 120 Å². The number of nitrogens with one attached hydrogen (secondary N) is 2. The van der Waals surface area contributed by atoms with E-state index in [2.05, 4.69) is 10.6 Å². The number of carboxylic acids is 1. The number of ether oxygens (including phenoxy) is 2. The summed E-state index contributed by atoms with van der Waals surface area (Å²) in [5.41, 5.74) is 1.83. The van der Waals surface area contributed by atoms with Gasteiger partial charge in [0.1, 0.15) is 18.1 Å². The predicted octanol–water partition coefficient (Wildman–Crippen LogP) is 6.40. The van der Waals surface area contributed by atoms with E-state index in [1.54, 1.807) is 36.4 Å². The Bertz CT molecular complexity index is 1440. The molecule has 0 spiro atoms. The van der Waals surface area contributed by atoms with Crippen LogP contribution < -0.4 is 20.1 Å². The molecule has 0 bridgehead atoms. The third-order valence-corrected chi connectivity index (χ3v) is 5.99. The van der Waals surface area contributed by atoms with Gasteiger partial charge in [-0.2, -0.15) is 0 Å². The fourth-order valence-corrected chi connectivity index (χ4v) is 3.92. The summed E-state index contributed by atoms with van der Waals surface area (Å²) >= 11 is 0. The molecule has 0 atom stereocenters. The molecule has 0 aliphatic carbocycles. The molecular formula is C32H30N2O6. The third-order valence-electron chi connectivity index (χ3n) is 5.99. The van der Waals surface area contributed by atoms with E-state index < -0.39 is 11.9 Å². The van der Waals surface area contributed by atoms with Crippen molar-refractivity contribution in [1.29, 1.82) is 0 Å². The van der Waals surface area contributed by atoms with Gasteiger partial charge in [0.15, 0.2) is 0 Å². The second-order valence-corrected chi connectivity index (χ2v) is 8.95. The molecular weight excluding hydrogens is 508 g/mol. The van der Waals surface area contributed by atoms with E-state index in [0.717, 1.165) is 17.1 Å². The van der Waals surface area contributed by atoms with E-state index in [1.807, 2.05) is 54.6 Å². The van der Waals surface area contributed by atoms with Crippen molar-refractivity contribution in [2.45, 2.75) is 25.9 Å². The molecule has 4 aromatic rings. The second kappa shape index (κ2) is 14.2. The number of rotatable bonds is 13. The van der Waals surface area contributed by atoms with Gasteiger partial charge < -0.3 is 25.2 Å². The van der Waals surface area contributed by atoms with Gasteiger partial charge in [0, 0.05) is 6.42 Å². The highest BCUT2D eigenvalue weighted by Gasteiger charge is 2.16. The SMILES string of the molecule is O=C(CCCCOc1ccc(OCc2ccccc2)cc1)Nc1ccccc1C(=O)Nc1ccccc1C(=O)O. The lowest BCUT2D eigenvalue weighted by Gasteiger charge is -2.13. The van der Waals surface area contributed by atoms with Crippen LogP contribution in [0.25, 0.3) is 0 Å². The summed E-state index contributed by atoms with van der Waals surface area (Å²) in [6.45, 7) is 0.955. The van der Waals surface area contributed by atoms with Crippen LogP contribution in [0, 0.1) is 0 Å². The maximum atomic E-state index is 12.9. The number of hydrogen-bond donors (Lipinski definition) is 3. The minimum Gasteiger partial charge on any atom is -0.494 e. The van der Waals surface area contributed by atoms with Crippen LogP contribution in [0.2, 0.25) is 0 Å². The highest BCUT2D eigenvalue weighted by Crippen LogP contribution is 2.21. The van der Waals surface area contributed by atoms with Crippen molar-refractivity contribution in [3.8, 4) is 11.5 Å². The zero-order valence-electron chi connectivity index (χ0n) is 21.8. The van der Waals surface area contributed by atoms with E-state index >= 15 is 0 Å². The molecule has 0 aliphatic rings. The molecule has 204 valence electrons. The van der Waals surface area contributed by atoms with Crippen LogP contribution in [-0.4, -0.2) is 29.5 Å². The van der Waals surface area contributed by atoms with Gasteiger partial charge in [-0.3, -0.25) is 9.59 Å². The lowest BCUT2D eigenvalue weighted by Crippen LogP contribution is -2.19. The summed E-state index contributed by atoms with van der Waals surface area (Å²) < 4.78 is 11.6. The lowest BCUT2D eigenvalue weighted by molar-refractivity contribution is -0.116. The number of unbranched alkanes of at least 4 members (excludes halogenated alkanes) is 1. The summed E-state index contributed by atoms with van der Waals surface area (Å²) in [6.07, 6.45) is 1.53. The minimum atomic E-state index is -1.15. The van der Waals surface area contributed by atoms with Gasteiger partial charge in [0.05, 0.1) is 29.1 Å². The molecule has 3 N–H and O–H groups in total. The Balaban J connectivity index is 1.19. The molecule has 0 heterocycles. The van der Waals surface area contributed by atoms with Crippen molar-refractivity contribution >= 4 is 29.2 Å². The van der Waals surface area contributed by atoms with E-state index in [4.69, 9.17) is 9.47 Å². The number of aromatic carboxylic acids is 1. The Hall–Kier alpha value is -5.11. The standard InChI is InChI=1S/C32H30N2O6/c35-30(16-8-9-21-39-24-17-19-25(20-18-24)40-22-23-10-2-1-3-11-23)33-28-14-6-4-12-26(28)31(36)34-29-15-7-5-13-27(29)32(37)38/h1-7,10-15,17-20H,8-9,16,21-22H2,(H,33,35)(H,34,36)(H,37,38). The highest BCUT2D eigenvalue weighted by atomic mass is 16.5. The molecule has 0 saturated carbocycles. The normalized spacial score (nSPS) is 10.4. The van der Waals surface area contributed by atoms with Gasteiger partial charge in [-0.05, 0) is 66.9 Å². The van der Waals surface area contributed by atoms with Crippen molar-refractivity contribution < 1.29 is 29.0 Å². The van der Waals surface area contributed by atoms with Crippen LogP contribution in [0.4, 0.5) is 11.4 Å². The topological polar surface area (TPSA) is 114 Å². The van der Waals surface area contributed by atoms with Gasteiger partial charge in [0.25, 0.3) is 5.91 Å².